The van der Waals surface area contributed by atoms with E-state index in [1.165, 1.54) is 19.4 Å². The summed E-state index contributed by atoms with van der Waals surface area (Å²) in [6, 6.07) is 9.16. The lowest BCUT2D eigenvalue weighted by Crippen LogP contribution is -2.33. The van der Waals surface area contributed by atoms with E-state index >= 15 is 0 Å². The van der Waals surface area contributed by atoms with Crippen molar-refractivity contribution >= 4 is 17.8 Å². The van der Waals surface area contributed by atoms with E-state index in [-0.39, 0.29) is 11.3 Å². The third-order valence-corrected chi connectivity index (χ3v) is 3.62. The Labute approximate surface area is 160 Å². The van der Waals surface area contributed by atoms with Crippen molar-refractivity contribution in [2.75, 3.05) is 14.2 Å². The van der Waals surface area contributed by atoms with E-state index < -0.39 is 28.4 Å². The molecule has 0 aromatic heterocycles. The number of nitrogens with zero attached hydrogens (tertiary/aromatic N) is 2. The zero-order valence-electron chi connectivity index (χ0n) is 15.4. The molecular weight excluding hydrogens is 370 g/mol. The Bertz CT molecular complexity index is 881. The number of carbonyl (C=O) groups is 1. The molecule has 0 saturated carbocycles. The Hall–Kier alpha value is -3.82. The number of hydrazone groups is 1. The number of nitro benzene ring substituents is 1. The van der Waals surface area contributed by atoms with Crippen molar-refractivity contribution < 1.29 is 29.0 Å². The third kappa shape index (κ3) is 5.10. The van der Waals surface area contributed by atoms with E-state index in [9.17, 15) is 20.0 Å². The number of methoxy groups -OCH3 is 2. The number of phenols is 1. The Morgan fingerprint density at radius 3 is 2.43 bits per heavy atom. The van der Waals surface area contributed by atoms with Gasteiger partial charge in [-0.2, -0.15) is 5.10 Å². The largest absolute Gasteiger partial charge is 0.500 e. The molecule has 28 heavy (non-hydrogen) atoms. The van der Waals surface area contributed by atoms with Gasteiger partial charge in [0.25, 0.3) is 5.91 Å². The van der Waals surface area contributed by atoms with Crippen LogP contribution < -0.4 is 19.6 Å². The molecule has 0 fully saturated rings. The van der Waals surface area contributed by atoms with Gasteiger partial charge in [0.2, 0.25) is 5.75 Å². The van der Waals surface area contributed by atoms with Crippen LogP contribution in [0.5, 0.6) is 23.0 Å². The Morgan fingerprint density at radius 1 is 1.21 bits per heavy atom. The number of carbonyl (C=O) groups excluding carboxylic acids is 1. The molecule has 1 amide bonds. The standard InChI is InChI=1S/C18H19N3O7/c1-11(28-14-6-4-13(26-2)5-7-14)18(23)20-19-10-12-8-15(21(24)25)17(22)16(9-12)27-3/h4-11,22H,1-3H3,(H,20,23)/b19-10-/t11-/m1/s1. The van der Waals surface area contributed by atoms with Crippen molar-refractivity contribution in [3.8, 4) is 23.0 Å². The van der Waals surface area contributed by atoms with Crippen molar-refractivity contribution in [1.29, 1.82) is 0 Å². The molecule has 148 valence electrons. The van der Waals surface area contributed by atoms with Crippen LogP contribution in [0.2, 0.25) is 0 Å². The van der Waals surface area contributed by atoms with Crippen LogP contribution >= 0.6 is 0 Å². The molecule has 0 bridgehead atoms. The van der Waals surface area contributed by atoms with Gasteiger partial charge in [0.05, 0.1) is 25.4 Å². The fourth-order valence-corrected chi connectivity index (χ4v) is 2.16. The van der Waals surface area contributed by atoms with Crippen molar-refractivity contribution in [1.82, 2.24) is 5.43 Å². The summed E-state index contributed by atoms with van der Waals surface area (Å²) in [4.78, 5) is 22.3. The lowest BCUT2D eigenvalue weighted by molar-refractivity contribution is -0.386. The smallest absolute Gasteiger partial charge is 0.315 e. The predicted molar refractivity (Wildman–Crippen MR) is 100 cm³/mol. The van der Waals surface area contributed by atoms with Crippen molar-refractivity contribution in [2.45, 2.75) is 13.0 Å². The Kier molecular flexibility index (Phi) is 6.74. The van der Waals surface area contributed by atoms with Gasteiger partial charge in [-0.15, -0.1) is 0 Å². The highest BCUT2D eigenvalue weighted by Crippen LogP contribution is 2.36. The fourth-order valence-electron chi connectivity index (χ4n) is 2.16. The maximum absolute atomic E-state index is 12.1. The molecule has 0 radical (unpaired) electrons. The molecule has 2 N–H and O–H groups in total. The number of hydrogen-bond acceptors (Lipinski definition) is 8. The second-order valence-corrected chi connectivity index (χ2v) is 5.52. The van der Waals surface area contributed by atoms with Crippen LogP contribution in [0, 0.1) is 10.1 Å². The number of aromatic hydroxyl groups is 1. The minimum Gasteiger partial charge on any atom is -0.500 e. The van der Waals surface area contributed by atoms with E-state index in [1.54, 1.807) is 38.3 Å². The van der Waals surface area contributed by atoms with Crippen LogP contribution in [-0.4, -0.2) is 42.5 Å². The number of amides is 1. The molecule has 2 aromatic carbocycles. The van der Waals surface area contributed by atoms with Gasteiger partial charge in [-0.1, -0.05) is 0 Å². The molecular formula is C18H19N3O7. The van der Waals surface area contributed by atoms with Gasteiger partial charge in [0, 0.05) is 11.6 Å². The molecule has 0 aliphatic rings. The summed E-state index contributed by atoms with van der Waals surface area (Å²) in [6.07, 6.45) is 0.349. The monoisotopic (exact) mass is 389 g/mol. The van der Waals surface area contributed by atoms with Gasteiger partial charge in [0.1, 0.15) is 11.5 Å². The Morgan fingerprint density at radius 2 is 1.86 bits per heavy atom. The molecule has 0 saturated heterocycles. The summed E-state index contributed by atoms with van der Waals surface area (Å²) in [7, 11) is 2.81. The van der Waals surface area contributed by atoms with Crippen LogP contribution in [0.25, 0.3) is 0 Å². The molecule has 10 nitrogen and oxygen atoms in total. The highest BCUT2D eigenvalue weighted by atomic mass is 16.6. The SMILES string of the molecule is COc1ccc(O[C@H](C)C(=O)N/N=C\c2cc(OC)c(O)c([N+](=O)[O-])c2)cc1. The molecule has 2 rings (SSSR count). The summed E-state index contributed by atoms with van der Waals surface area (Å²) in [5.74, 6) is -0.0560. The number of benzene rings is 2. The molecule has 2 aromatic rings. The quantitative estimate of drug-likeness (QED) is 0.402. The normalized spacial score (nSPS) is 11.7. The molecule has 0 heterocycles. The minimum absolute atomic E-state index is 0.0850. The topological polar surface area (TPSA) is 133 Å². The second kappa shape index (κ2) is 9.21. The Balaban J connectivity index is 2.02. The lowest BCUT2D eigenvalue weighted by Gasteiger charge is -2.13. The average molecular weight is 389 g/mol. The summed E-state index contributed by atoms with van der Waals surface area (Å²) in [6.45, 7) is 1.55. The zero-order valence-corrected chi connectivity index (χ0v) is 15.4. The van der Waals surface area contributed by atoms with E-state index in [0.29, 0.717) is 11.5 Å². The van der Waals surface area contributed by atoms with Crippen molar-refractivity contribution in [2.24, 2.45) is 5.10 Å². The highest BCUT2D eigenvalue weighted by molar-refractivity contribution is 5.86. The maximum Gasteiger partial charge on any atom is 0.315 e. The molecule has 0 aliphatic heterocycles. The molecule has 1 atom stereocenters. The number of nitro groups is 1. The number of phenolic OH excluding ortho intramolecular Hbond substituents is 1. The van der Waals surface area contributed by atoms with Gasteiger partial charge < -0.3 is 19.3 Å². The van der Waals surface area contributed by atoms with Crippen molar-refractivity contribution in [3.63, 3.8) is 0 Å². The molecule has 0 spiro atoms. The van der Waals surface area contributed by atoms with Gasteiger partial charge >= 0.3 is 5.69 Å². The first-order valence-electron chi connectivity index (χ1n) is 8.04. The summed E-state index contributed by atoms with van der Waals surface area (Å²) < 4.78 is 15.4. The van der Waals surface area contributed by atoms with Crippen LogP contribution in [0.4, 0.5) is 5.69 Å². The molecule has 10 heteroatoms. The minimum atomic E-state index is -0.839. The van der Waals surface area contributed by atoms with Gasteiger partial charge in [0.15, 0.2) is 11.9 Å². The number of ether oxygens (including phenoxy) is 3. The van der Waals surface area contributed by atoms with E-state index in [0.717, 1.165) is 6.07 Å². The number of hydrogen-bond donors (Lipinski definition) is 2. The first-order chi connectivity index (χ1) is 13.3. The summed E-state index contributed by atoms with van der Waals surface area (Å²) >= 11 is 0. The first-order valence-corrected chi connectivity index (χ1v) is 8.04. The average Bonchev–Trinajstić information content (AvgIpc) is 2.69. The maximum atomic E-state index is 12.1. The van der Waals surface area contributed by atoms with Crippen LogP contribution in [-0.2, 0) is 4.79 Å². The summed E-state index contributed by atoms with van der Waals surface area (Å²) in [5, 5.41) is 24.5. The molecule has 0 unspecified atom stereocenters. The van der Waals surface area contributed by atoms with Gasteiger partial charge in [-0.25, -0.2) is 5.43 Å². The molecule has 0 aliphatic carbocycles. The summed E-state index contributed by atoms with van der Waals surface area (Å²) in [5.41, 5.74) is 2.00. The van der Waals surface area contributed by atoms with Crippen LogP contribution in [0.15, 0.2) is 41.5 Å². The van der Waals surface area contributed by atoms with Crippen LogP contribution in [0.1, 0.15) is 12.5 Å². The van der Waals surface area contributed by atoms with E-state index in [1.807, 2.05) is 0 Å². The third-order valence-electron chi connectivity index (χ3n) is 3.62. The predicted octanol–water partition coefficient (Wildman–Crippen LogP) is 2.24. The number of rotatable bonds is 8. The lowest BCUT2D eigenvalue weighted by atomic mass is 10.2. The second-order valence-electron chi connectivity index (χ2n) is 5.52. The zero-order chi connectivity index (χ0) is 20.7. The fraction of sp³-hybridized carbons (Fsp3) is 0.222. The number of nitrogens with one attached hydrogen (secondary N) is 1. The van der Waals surface area contributed by atoms with E-state index in [4.69, 9.17) is 14.2 Å². The van der Waals surface area contributed by atoms with Gasteiger partial charge in [-0.3, -0.25) is 14.9 Å². The van der Waals surface area contributed by atoms with Crippen LogP contribution in [0.3, 0.4) is 0 Å². The highest BCUT2D eigenvalue weighted by Gasteiger charge is 2.19. The first kappa shape index (κ1) is 20.5. The van der Waals surface area contributed by atoms with Crippen molar-refractivity contribution in [3.05, 3.63) is 52.1 Å². The van der Waals surface area contributed by atoms with Gasteiger partial charge in [-0.05, 0) is 37.3 Å². The van der Waals surface area contributed by atoms with E-state index in [2.05, 4.69) is 10.5 Å².